The van der Waals surface area contributed by atoms with E-state index in [9.17, 15) is 26.7 Å². The summed E-state index contributed by atoms with van der Waals surface area (Å²) in [6.07, 6.45) is -2.22. The summed E-state index contributed by atoms with van der Waals surface area (Å²) >= 11 is 0. The molecule has 0 spiro atoms. The minimum atomic E-state index is -4.49. The van der Waals surface area contributed by atoms with Gasteiger partial charge in [-0.3, -0.25) is 0 Å². The van der Waals surface area contributed by atoms with Crippen molar-refractivity contribution in [2.75, 3.05) is 5.32 Å². The molecule has 0 radical (unpaired) electrons. The van der Waals surface area contributed by atoms with Crippen LogP contribution in [-0.4, -0.2) is 18.2 Å². The minimum Gasteiger partial charge on any atom is -0.490 e. The number of ether oxygens (including phenoxy) is 1. The number of hydrogen-bond donors (Lipinski definition) is 2. The van der Waals surface area contributed by atoms with Crippen LogP contribution in [0.2, 0.25) is 0 Å². The standard InChI is InChI=1S/C22H23F5N2O2/c1-21(23,24)14-4-3-7-19(13-14)31-18-10-8-16(9-11-18)28-20(30)29-17-6-2-5-15(12-17)22(25,26)27/h2-7,12-13,16,18H,8-11H2,1H3,(H2,28,29,30). The van der Waals surface area contributed by atoms with E-state index in [2.05, 4.69) is 10.6 Å². The number of hydrogen-bond acceptors (Lipinski definition) is 2. The van der Waals surface area contributed by atoms with E-state index in [0.717, 1.165) is 19.1 Å². The molecule has 4 nitrogen and oxygen atoms in total. The molecular formula is C22H23F5N2O2. The molecular weight excluding hydrogens is 419 g/mol. The van der Waals surface area contributed by atoms with Gasteiger partial charge >= 0.3 is 12.2 Å². The molecule has 2 amide bonds. The molecule has 0 aromatic heterocycles. The number of nitrogens with one attached hydrogen (secondary N) is 2. The molecule has 31 heavy (non-hydrogen) atoms. The third-order valence-corrected chi connectivity index (χ3v) is 5.10. The predicted molar refractivity (Wildman–Crippen MR) is 106 cm³/mol. The number of carbonyl (C=O) groups excluding carboxylic acids is 1. The van der Waals surface area contributed by atoms with Crippen LogP contribution in [0.3, 0.4) is 0 Å². The van der Waals surface area contributed by atoms with E-state index in [0.29, 0.717) is 31.4 Å². The molecule has 1 saturated carbocycles. The molecule has 0 saturated heterocycles. The van der Waals surface area contributed by atoms with Crippen molar-refractivity contribution in [3.8, 4) is 5.75 Å². The summed E-state index contributed by atoms with van der Waals surface area (Å²) in [5, 5.41) is 5.17. The van der Waals surface area contributed by atoms with Crippen molar-refractivity contribution in [2.24, 2.45) is 0 Å². The minimum absolute atomic E-state index is 0.0527. The van der Waals surface area contributed by atoms with Crippen LogP contribution in [0.5, 0.6) is 5.75 Å². The Labute approximate surface area is 176 Å². The van der Waals surface area contributed by atoms with Gasteiger partial charge in [0, 0.05) is 24.2 Å². The van der Waals surface area contributed by atoms with E-state index in [1.165, 1.54) is 30.3 Å². The first-order valence-electron chi connectivity index (χ1n) is 9.90. The topological polar surface area (TPSA) is 50.4 Å². The fourth-order valence-electron chi connectivity index (χ4n) is 3.49. The summed E-state index contributed by atoms with van der Waals surface area (Å²) < 4.78 is 71.1. The lowest BCUT2D eigenvalue weighted by Crippen LogP contribution is -2.41. The number of rotatable bonds is 5. The number of amides is 2. The lowest BCUT2D eigenvalue weighted by Gasteiger charge is -2.29. The summed E-state index contributed by atoms with van der Waals surface area (Å²) in [5.41, 5.74) is -0.906. The molecule has 9 heteroatoms. The van der Waals surface area contributed by atoms with Crippen LogP contribution in [0.25, 0.3) is 0 Å². The molecule has 1 aliphatic carbocycles. The highest BCUT2D eigenvalue weighted by Crippen LogP contribution is 2.32. The Morgan fingerprint density at radius 3 is 2.23 bits per heavy atom. The summed E-state index contributed by atoms with van der Waals surface area (Å²) in [6, 6.07) is 9.50. The molecule has 168 valence electrons. The number of carbonyl (C=O) groups is 1. The van der Waals surface area contributed by atoms with E-state index >= 15 is 0 Å². The molecule has 2 N–H and O–H groups in total. The maximum Gasteiger partial charge on any atom is 0.416 e. The highest BCUT2D eigenvalue weighted by molar-refractivity contribution is 5.89. The van der Waals surface area contributed by atoms with Gasteiger partial charge in [-0.05, 0) is 56.0 Å². The molecule has 3 rings (SSSR count). The van der Waals surface area contributed by atoms with Gasteiger partial charge in [-0.2, -0.15) is 13.2 Å². The second kappa shape index (κ2) is 9.11. The maximum atomic E-state index is 13.5. The van der Waals surface area contributed by atoms with Crippen molar-refractivity contribution in [3.63, 3.8) is 0 Å². The van der Waals surface area contributed by atoms with Crippen LogP contribution in [0, 0.1) is 0 Å². The van der Waals surface area contributed by atoms with Gasteiger partial charge in [-0.15, -0.1) is 0 Å². The van der Waals surface area contributed by atoms with E-state index in [1.807, 2.05) is 0 Å². The van der Waals surface area contributed by atoms with Crippen molar-refractivity contribution >= 4 is 11.7 Å². The van der Waals surface area contributed by atoms with E-state index in [-0.39, 0.29) is 23.4 Å². The Hall–Kier alpha value is -2.84. The smallest absolute Gasteiger partial charge is 0.416 e. The summed E-state index contributed by atoms with van der Waals surface area (Å²) in [6.45, 7) is 0.827. The van der Waals surface area contributed by atoms with Gasteiger partial charge in [0.05, 0.1) is 11.7 Å². The molecule has 2 aromatic rings. The number of urea groups is 1. The second-order valence-electron chi connectivity index (χ2n) is 7.68. The van der Waals surface area contributed by atoms with Gasteiger partial charge in [0.15, 0.2) is 0 Å². The van der Waals surface area contributed by atoms with Crippen LogP contribution in [0.4, 0.5) is 32.4 Å². The van der Waals surface area contributed by atoms with Crippen molar-refractivity contribution in [2.45, 2.75) is 56.9 Å². The highest BCUT2D eigenvalue weighted by Gasteiger charge is 2.31. The van der Waals surface area contributed by atoms with E-state index in [1.54, 1.807) is 6.07 Å². The van der Waals surface area contributed by atoms with Crippen LogP contribution in [0.1, 0.15) is 43.7 Å². The zero-order valence-corrected chi connectivity index (χ0v) is 16.8. The monoisotopic (exact) mass is 442 g/mol. The average Bonchev–Trinajstić information content (AvgIpc) is 2.68. The summed E-state index contributed by atoms with van der Waals surface area (Å²) in [4.78, 5) is 12.1. The van der Waals surface area contributed by atoms with Gasteiger partial charge in [0.25, 0.3) is 5.92 Å². The predicted octanol–water partition coefficient (Wildman–Crippen LogP) is 6.33. The number of halogens is 5. The molecule has 2 aromatic carbocycles. The van der Waals surface area contributed by atoms with Crippen LogP contribution in [0.15, 0.2) is 48.5 Å². The van der Waals surface area contributed by atoms with Gasteiger partial charge in [-0.1, -0.05) is 18.2 Å². The molecule has 1 fully saturated rings. The molecule has 0 bridgehead atoms. The third kappa shape index (κ3) is 6.57. The number of anilines is 1. The highest BCUT2D eigenvalue weighted by atomic mass is 19.4. The largest absolute Gasteiger partial charge is 0.490 e. The van der Waals surface area contributed by atoms with Crippen molar-refractivity contribution in [1.82, 2.24) is 5.32 Å². The quantitative estimate of drug-likeness (QED) is 0.532. The Balaban J connectivity index is 1.48. The molecule has 1 aliphatic rings. The van der Waals surface area contributed by atoms with Crippen molar-refractivity contribution in [3.05, 3.63) is 59.7 Å². The average molecular weight is 442 g/mol. The summed E-state index contributed by atoms with van der Waals surface area (Å²) in [5.74, 6) is -2.58. The number of benzene rings is 2. The zero-order valence-electron chi connectivity index (χ0n) is 16.8. The van der Waals surface area contributed by atoms with Crippen LogP contribution >= 0.6 is 0 Å². The lowest BCUT2D eigenvalue weighted by atomic mass is 9.93. The molecule has 0 heterocycles. The van der Waals surface area contributed by atoms with E-state index in [4.69, 9.17) is 4.74 Å². The normalized spacial score (nSPS) is 19.5. The van der Waals surface area contributed by atoms with Gasteiger partial charge < -0.3 is 15.4 Å². The Morgan fingerprint density at radius 1 is 0.935 bits per heavy atom. The fraction of sp³-hybridized carbons (Fsp3) is 0.409. The Morgan fingerprint density at radius 2 is 1.58 bits per heavy atom. The van der Waals surface area contributed by atoms with Crippen LogP contribution < -0.4 is 15.4 Å². The third-order valence-electron chi connectivity index (χ3n) is 5.10. The molecule has 0 unspecified atom stereocenters. The first-order valence-corrected chi connectivity index (χ1v) is 9.90. The SMILES string of the molecule is CC(F)(F)c1cccc(OC2CCC(NC(=O)Nc3cccc(C(F)(F)F)c3)CC2)c1. The Kier molecular flexibility index (Phi) is 6.71. The van der Waals surface area contributed by atoms with Crippen molar-refractivity contribution in [1.29, 1.82) is 0 Å². The van der Waals surface area contributed by atoms with Gasteiger partial charge in [-0.25, -0.2) is 13.6 Å². The van der Waals surface area contributed by atoms with E-state index < -0.39 is 23.7 Å². The fourth-order valence-corrected chi connectivity index (χ4v) is 3.49. The zero-order chi connectivity index (χ0) is 22.6. The number of alkyl halides is 5. The lowest BCUT2D eigenvalue weighted by molar-refractivity contribution is -0.137. The first-order chi connectivity index (χ1) is 14.5. The Bertz CT molecular complexity index is 903. The van der Waals surface area contributed by atoms with Gasteiger partial charge in [0.2, 0.25) is 0 Å². The van der Waals surface area contributed by atoms with Crippen LogP contribution in [-0.2, 0) is 12.1 Å². The molecule has 0 atom stereocenters. The van der Waals surface area contributed by atoms with Gasteiger partial charge in [0.1, 0.15) is 5.75 Å². The second-order valence-corrected chi connectivity index (χ2v) is 7.68. The van der Waals surface area contributed by atoms with Crippen molar-refractivity contribution < 1.29 is 31.5 Å². The first kappa shape index (κ1) is 22.8. The maximum absolute atomic E-state index is 13.5. The summed E-state index contributed by atoms with van der Waals surface area (Å²) in [7, 11) is 0. The molecule has 0 aliphatic heterocycles.